The van der Waals surface area contributed by atoms with E-state index in [4.69, 9.17) is 0 Å². The van der Waals surface area contributed by atoms with Crippen molar-refractivity contribution in [1.82, 2.24) is 0 Å². The molecular weight excluding hydrogens is 331 g/mol. The smallest absolute Gasteiger partial charge is 0.378 e. The molecule has 2 rings (SSSR count). The minimum atomic E-state index is -4.48. The third-order valence-corrected chi connectivity index (χ3v) is 3.68. The second kappa shape index (κ2) is 7.04. The summed E-state index contributed by atoms with van der Waals surface area (Å²) in [5.74, 6) is -0.467. The van der Waals surface area contributed by atoms with E-state index in [1.54, 1.807) is 37.2 Å². The van der Waals surface area contributed by atoms with Crippen molar-refractivity contribution in [2.24, 2.45) is 0 Å². The molecule has 0 spiro atoms. The number of amides is 1. The first-order valence-corrected chi connectivity index (χ1v) is 7.57. The van der Waals surface area contributed by atoms with Gasteiger partial charge in [-0.15, -0.1) is 0 Å². The summed E-state index contributed by atoms with van der Waals surface area (Å²) in [7, 11) is 7.08. The summed E-state index contributed by atoms with van der Waals surface area (Å²) in [6.07, 6.45) is -4.48. The number of benzene rings is 2. The molecule has 0 aliphatic rings. The van der Waals surface area contributed by atoms with E-state index in [2.05, 4.69) is 5.32 Å². The van der Waals surface area contributed by atoms with Crippen LogP contribution in [-0.2, 0) is 6.18 Å². The summed E-state index contributed by atoms with van der Waals surface area (Å²) < 4.78 is 38.9. The molecule has 0 aliphatic carbocycles. The van der Waals surface area contributed by atoms with E-state index < -0.39 is 17.6 Å². The van der Waals surface area contributed by atoms with Crippen LogP contribution in [0.4, 0.5) is 30.2 Å². The van der Waals surface area contributed by atoms with E-state index in [-0.39, 0.29) is 5.69 Å². The molecule has 0 saturated heterocycles. The van der Waals surface area contributed by atoms with Gasteiger partial charge in [-0.25, -0.2) is 0 Å². The highest BCUT2D eigenvalue weighted by Crippen LogP contribution is 2.35. The SMILES string of the molecule is CN(C)c1cccc(C(=O)Nc2cc(C(F)(F)F)ccc2N(C)C)c1. The number of carbonyl (C=O) groups excluding carboxylic acids is 1. The molecular formula is C18H20F3N3O. The van der Waals surface area contributed by atoms with Crippen LogP contribution in [-0.4, -0.2) is 34.1 Å². The summed E-state index contributed by atoms with van der Waals surface area (Å²) in [6, 6.07) is 10.1. The number of anilines is 3. The largest absolute Gasteiger partial charge is 0.416 e. The number of hydrogen-bond donors (Lipinski definition) is 1. The first-order valence-electron chi connectivity index (χ1n) is 7.57. The minimum Gasteiger partial charge on any atom is -0.378 e. The Balaban J connectivity index is 2.37. The number of carbonyl (C=O) groups is 1. The number of hydrogen-bond acceptors (Lipinski definition) is 3. The van der Waals surface area contributed by atoms with E-state index in [1.165, 1.54) is 6.07 Å². The van der Waals surface area contributed by atoms with Gasteiger partial charge in [0, 0.05) is 39.4 Å². The van der Waals surface area contributed by atoms with Gasteiger partial charge in [-0.05, 0) is 36.4 Å². The molecule has 2 aromatic carbocycles. The number of nitrogens with zero attached hydrogens (tertiary/aromatic N) is 2. The molecule has 0 unspecified atom stereocenters. The lowest BCUT2D eigenvalue weighted by atomic mass is 10.1. The van der Waals surface area contributed by atoms with Crippen molar-refractivity contribution in [3.05, 3.63) is 53.6 Å². The Labute approximate surface area is 144 Å². The van der Waals surface area contributed by atoms with Crippen molar-refractivity contribution in [2.45, 2.75) is 6.18 Å². The van der Waals surface area contributed by atoms with Gasteiger partial charge in [0.1, 0.15) is 0 Å². The van der Waals surface area contributed by atoms with Crippen LogP contribution in [0.15, 0.2) is 42.5 Å². The Morgan fingerprint density at radius 2 is 1.64 bits per heavy atom. The van der Waals surface area contributed by atoms with Crippen LogP contribution in [0, 0.1) is 0 Å². The summed E-state index contributed by atoms with van der Waals surface area (Å²) in [5.41, 5.74) is 0.985. The van der Waals surface area contributed by atoms with Crippen LogP contribution < -0.4 is 15.1 Å². The summed E-state index contributed by atoms with van der Waals surface area (Å²) in [4.78, 5) is 16.0. The fraction of sp³-hybridized carbons (Fsp3) is 0.278. The first-order chi connectivity index (χ1) is 11.6. The second-order valence-corrected chi connectivity index (χ2v) is 6.02. The van der Waals surface area contributed by atoms with Gasteiger partial charge in [0.25, 0.3) is 5.91 Å². The lowest BCUT2D eigenvalue weighted by Gasteiger charge is -2.20. The molecule has 0 aromatic heterocycles. The zero-order valence-electron chi connectivity index (χ0n) is 14.5. The standard InChI is InChI=1S/C18H20F3N3O/c1-23(2)14-7-5-6-12(10-14)17(25)22-15-11-13(18(19,20)21)8-9-16(15)24(3)4/h5-11H,1-4H3,(H,22,25). The molecule has 0 fully saturated rings. The topological polar surface area (TPSA) is 35.6 Å². The Morgan fingerprint density at radius 3 is 2.20 bits per heavy atom. The summed E-state index contributed by atoms with van der Waals surface area (Å²) in [5, 5.41) is 2.59. The molecule has 1 N–H and O–H groups in total. The van der Waals surface area contributed by atoms with Gasteiger partial charge < -0.3 is 15.1 Å². The molecule has 2 aromatic rings. The van der Waals surface area contributed by atoms with E-state index in [0.717, 1.165) is 17.8 Å². The Hall–Kier alpha value is -2.70. The van der Waals surface area contributed by atoms with Gasteiger partial charge in [0.05, 0.1) is 16.9 Å². The fourth-order valence-electron chi connectivity index (χ4n) is 2.32. The van der Waals surface area contributed by atoms with Gasteiger partial charge in [0.15, 0.2) is 0 Å². The van der Waals surface area contributed by atoms with Crippen LogP contribution >= 0.6 is 0 Å². The van der Waals surface area contributed by atoms with Gasteiger partial charge in [-0.1, -0.05) is 6.07 Å². The quantitative estimate of drug-likeness (QED) is 0.901. The molecule has 25 heavy (non-hydrogen) atoms. The third kappa shape index (κ3) is 4.43. The third-order valence-electron chi connectivity index (χ3n) is 3.68. The van der Waals surface area contributed by atoms with Crippen molar-refractivity contribution < 1.29 is 18.0 Å². The molecule has 0 heterocycles. The first kappa shape index (κ1) is 18.6. The number of alkyl halides is 3. The fourth-order valence-corrected chi connectivity index (χ4v) is 2.32. The number of nitrogens with one attached hydrogen (secondary N) is 1. The predicted octanol–water partition coefficient (Wildman–Crippen LogP) is 4.09. The van der Waals surface area contributed by atoms with Crippen LogP contribution in [0.5, 0.6) is 0 Å². The summed E-state index contributed by atoms with van der Waals surface area (Å²) in [6.45, 7) is 0. The lowest BCUT2D eigenvalue weighted by molar-refractivity contribution is -0.137. The Bertz CT molecular complexity index is 770. The highest BCUT2D eigenvalue weighted by Gasteiger charge is 2.31. The van der Waals surface area contributed by atoms with E-state index in [1.807, 2.05) is 25.1 Å². The number of rotatable bonds is 4. The Kier molecular flexibility index (Phi) is 5.25. The molecule has 7 heteroatoms. The average molecular weight is 351 g/mol. The maximum Gasteiger partial charge on any atom is 0.416 e. The maximum atomic E-state index is 13.0. The second-order valence-electron chi connectivity index (χ2n) is 6.02. The molecule has 0 bridgehead atoms. The molecule has 1 amide bonds. The number of halogens is 3. The van der Waals surface area contributed by atoms with E-state index in [0.29, 0.717) is 11.3 Å². The van der Waals surface area contributed by atoms with Crippen molar-refractivity contribution in [3.63, 3.8) is 0 Å². The Morgan fingerprint density at radius 1 is 0.960 bits per heavy atom. The van der Waals surface area contributed by atoms with Crippen molar-refractivity contribution >= 4 is 23.0 Å². The van der Waals surface area contributed by atoms with Gasteiger partial charge in [-0.2, -0.15) is 13.2 Å². The average Bonchev–Trinajstić information content (AvgIpc) is 2.53. The zero-order chi connectivity index (χ0) is 18.8. The van der Waals surface area contributed by atoms with Gasteiger partial charge in [-0.3, -0.25) is 4.79 Å². The summed E-state index contributed by atoms with van der Waals surface area (Å²) >= 11 is 0. The highest BCUT2D eigenvalue weighted by atomic mass is 19.4. The monoisotopic (exact) mass is 351 g/mol. The van der Waals surface area contributed by atoms with E-state index >= 15 is 0 Å². The zero-order valence-corrected chi connectivity index (χ0v) is 14.5. The van der Waals surface area contributed by atoms with Crippen molar-refractivity contribution in [2.75, 3.05) is 43.3 Å². The minimum absolute atomic E-state index is 0.111. The maximum absolute atomic E-state index is 13.0. The van der Waals surface area contributed by atoms with Crippen molar-refractivity contribution in [3.8, 4) is 0 Å². The van der Waals surface area contributed by atoms with Gasteiger partial charge >= 0.3 is 6.18 Å². The van der Waals surface area contributed by atoms with Crippen LogP contribution in [0.1, 0.15) is 15.9 Å². The van der Waals surface area contributed by atoms with Crippen LogP contribution in [0.3, 0.4) is 0 Å². The lowest BCUT2D eigenvalue weighted by Crippen LogP contribution is -2.18. The van der Waals surface area contributed by atoms with Crippen molar-refractivity contribution in [1.29, 1.82) is 0 Å². The van der Waals surface area contributed by atoms with E-state index in [9.17, 15) is 18.0 Å². The normalized spacial score (nSPS) is 11.2. The molecule has 0 aliphatic heterocycles. The molecule has 4 nitrogen and oxygen atoms in total. The molecule has 0 radical (unpaired) electrons. The highest BCUT2D eigenvalue weighted by molar-refractivity contribution is 6.06. The van der Waals surface area contributed by atoms with Crippen LogP contribution in [0.25, 0.3) is 0 Å². The van der Waals surface area contributed by atoms with Crippen LogP contribution in [0.2, 0.25) is 0 Å². The predicted molar refractivity (Wildman–Crippen MR) is 94.5 cm³/mol. The molecule has 0 atom stereocenters. The van der Waals surface area contributed by atoms with Gasteiger partial charge in [0.2, 0.25) is 0 Å². The molecule has 134 valence electrons. The molecule has 0 saturated carbocycles.